The molecule has 3 rings (SSSR count). The summed E-state index contributed by atoms with van der Waals surface area (Å²) in [5, 5.41) is 5.84. The van der Waals surface area contributed by atoms with Crippen LogP contribution in [0.4, 0.5) is 5.69 Å². The Morgan fingerprint density at radius 1 is 0.833 bits per heavy atom. The van der Waals surface area contributed by atoms with Gasteiger partial charge in [-0.15, -0.1) is 0 Å². The molecule has 1 aliphatic rings. The topological polar surface area (TPSA) is 64.7 Å². The maximum absolute atomic E-state index is 12.5. The van der Waals surface area contributed by atoms with Gasteiger partial charge in [0.15, 0.2) is 0 Å². The van der Waals surface area contributed by atoms with Crippen LogP contribution in [0.1, 0.15) is 47.1 Å². The van der Waals surface area contributed by atoms with Crippen molar-refractivity contribution in [3.63, 3.8) is 0 Å². The van der Waals surface area contributed by atoms with Crippen molar-refractivity contribution in [3.8, 4) is 0 Å². The summed E-state index contributed by atoms with van der Waals surface area (Å²) in [5.74, 6) is -0.338. The Balaban J connectivity index is 1.54. The lowest BCUT2D eigenvalue weighted by molar-refractivity contribution is 0.0918. The van der Waals surface area contributed by atoms with E-state index in [0.717, 1.165) is 38.4 Å². The van der Waals surface area contributed by atoms with Crippen LogP contribution < -0.4 is 10.6 Å². The lowest BCUT2D eigenvalue weighted by Gasteiger charge is -2.32. The molecule has 2 amide bonds. The summed E-state index contributed by atoms with van der Waals surface area (Å²) in [7, 11) is 2.16. The van der Waals surface area contributed by atoms with Gasteiger partial charge < -0.3 is 15.5 Å². The van der Waals surface area contributed by atoms with Crippen molar-refractivity contribution in [2.45, 2.75) is 32.9 Å². The van der Waals surface area contributed by atoms with Crippen molar-refractivity contribution < 1.29 is 9.59 Å². The zero-order chi connectivity index (χ0) is 21.7. The van der Waals surface area contributed by atoms with Crippen molar-refractivity contribution in [2.75, 3.05) is 38.5 Å². The fraction of sp³-hybridized carbons (Fsp3) is 0.417. The lowest BCUT2D eigenvalue weighted by atomic mass is 10.1. The molecule has 0 saturated carbocycles. The van der Waals surface area contributed by atoms with E-state index in [-0.39, 0.29) is 17.4 Å². The number of hydrogen-bond acceptors (Lipinski definition) is 4. The minimum absolute atomic E-state index is 0.148. The fourth-order valence-electron chi connectivity index (χ4n) is 3.35. The minimum atomic E-state index is -0.302. The zero-order valence-corrected chi connectivity index (χ0v) is 18.4. The molecule has 0 radical (unpaired) electrons. The standard InChI is InChI=1S/C24H32N4O2/c1-24(2,3)26-23(30)20-9-7-19(8-10-20)22(29)25-21-11-5-18(6-12-21)17-28-15-13-27(4)14-16-28/h5-12H,13-17H2,1-4H3,(H,25,29)(H,26,30). The van der Waals surface area contributed by atoms with Crippen LogP contribution in [0.15, 0.2) is 48.5 Å². The molecule has 6 heteroatoms. The Hall–Kier alpha value is -2.70. The molecule has 2 aromatic rings. The Kier molecular flexibility index (Phi) is 6.90. The zero-order valence-electron chi connectivity index (χ0n) is 18.4. The average Bonchev–Trinajstić information content (AvgIpc) is 2.70. The smallest absolute Gasteiger partial charge is 0.255 e. The fourth-order valence-corrected chi connectivity index (χ4v) is 3.35. The summed E-state index contributed by atoms with van der Waals surface area (Å²) >= 11 is 0. The van der Waals surface area contributed by atoms with Gasteiger partial charge in [-0.3, -0.25) is 14.5 Å². The highest BCUT2D eigenvalue weighted by molar-refractivity contribution is 6.05. The maximum atomic E-state index is 12.5. The molecule has 0 aliphatic carbocycles. The maximum Gasteiger partial charge on any atom is 0.255 e. The number of nitrogens with zero attached hydrogens (tertiary/aromatic N) is 2. The Labute approximate surface area is 179 Å². The van der Waals surface area contributed by atoms with Crippen molar-refractivity contribution in [1.82, 2.24) is 15.1 Å². The van der Waals surface area contributed by atoms with E-state index >= 15 is 0 Å². The van der Waals surface area contributed by atoms with Crippen LogP contribution in [-0.2, 0) is 6.54 Å². The van der Waals surface area contributed by atoms with E-state index in [0.29, 0.717) is 11.1 Å². The third-order valence-electron chi connectivity index (χ3n) is 5.11. The van der Waals surface area contributed by atoms with Crippen LogP contribution in [0, 0.1) is 0 Å². The molecule has 0 atom stereocenters. The Morgan fingerprint density at radius 2 is 1.37 bits per heavy atom. The van der Waals surface area contributed by atoms with Crippen LogP contribution in [0.3, 0.4) is 0 Å². The number of piperazine rings is 1. The van der Waals surface area contributed by atoms with Gasteiger partial charge in [0.2, 0.25) is 0 Å². The first-order valence-electron chi connectivity index (χ1n) is 10.4. The summed E-state index contributed by atoms with van der Waals surface area (Å²) in [6, 6.07) is 14.7. The molecule has 0 unspecified atom stereocenters. The number of hydrogen-bond donors (Lipinski definition) is 2. The largest absolute Gasteiger partial charge is 0.347 e. The first-order valence-corrected chi connectivity index (χ1v) is 10.4. The molecular weight excluding hydrogens is 376 g/mol. The molecule has 1 aliphatic heterocycles. The predicted octanol–water partition coefficient (Wildman–Crippen LogP) is 3.21. The van der Waals surface area contributed by atoms with Crippen LogP contribution in [0.5, 0.6) is 0 Å². The molecule has 0 spiro atoms. The van der Waals surface area contributed by atoms with Gasteiger partial charge in [0.25, 0.3) is 11.8 Å². The van der Waals surface area contributed by atoms with Crippen molar-refractivity contribution in [2.24, 2.45) is 0 Å². The van der Waals surface area contributed by atoms with Gasteiger partial charge in [0, 0.05) is 55.1 Å². The van der Waals surface area contributed by atoms with Crippen molar-refractivity contribution in [3.05, 3.63) is 65.2 Å². The Bertz CT molecular complexity index is 862. The van der Waals surface area contributed by atoms with Gasteiger partial charge in [-0.1, -0.05) is 12.1 Å². The number of carbonyl (C=O) groups is 2. The summed E-state index contributed by atoms with van der Waals surface area (Å²) in [6.45, 7) is 11.1. The van der Waals surface area contributed by atoms with Gasteiger partial charge in [-0.2, -0.15) is 0 Å². The van der Waals surface area contributed by atoms with Gasteiger partial charge in [0.1, 0.15) is 0 Å². The number of benzene rings is 2. The highest BCUT2D eigenvalue weighted by Gasteiger charge is 2.16. The van der Waals surface area contributed by atoms with E-state index in [1.165, 1.54) is 5.56 Å². The third kappa shape index (κ3) is 6.40. The second-order valence-electron chi connectivity index (χ2n) is 9.01. The third-order valence-corrected chi connectivity index (χ3v) is 5.11. The van der Waals surface area contributed by atoms with E-state index in [4.69, 9.17) is 0 Å². The molecule has 30 heavy (non-hydrogen) atoms. The number of nitrogens with one attached hydrogen (secondary N) is 2. The summed E-state index contributed by atoms with van der Waals surface area (Å²) < 4.78 is 0. The second-order valence-corrected chi connectivity index (χ2v) is 9.01. The molecule has 1 heterocycles. The second kappa shape index (κ2) is 9.41. The molecule has 6 nitrogen and oxygen atoms in total. The molecule has 160 valence electrons. The molecule has 0 bridgehead atoms. The number of carbonyl (C=O) groups excluding carboxylic acids is 2. The lowest BCUT2D eigenvalue weighted by Crippen LogP contribution is -2.43. The first-order chi connectivity index (χ1) is 14.2. The predicted molar refractivity (Wildman–Crippen MR) is 121 cm³/mol. The molecule has 0 aromatic heterocycles. The molecule has 2 N–H and O–H groups in total. The van der Waals surface area contributed by atoms with Crippen LogP contribution in [0.25, 0.3) is 0 Å². The van der Waals surface area contributed by atoms with Gasteiger partial charge in [0.05, 0.1) is 0 Å². The number of rotatable bonds is 5. The van der Waals surface area contributed by atoms with E-state index < -0.39 is 0 Å². The van der Waals surface area contributed by atoms with Crippen molar-refractivity contribution in [1.29, 1.82) is 0 Å². The van der Waals surface area contributed by atoms with Crippen LogP contribution in [-0.4, -0.2) is 60.4 Å². The minimum Gasteiger partial charge on any atom is -0.347 e. The van der Waals surface area contributed by atoms with Gasteiger partial charge >= 0.3 is 0 Å². The molecular formula is C24H32N4O2. The van der Waals surface area contributed by atoms with Crippen LogP contribution >= 0.6 is 0 Å². The Morgan fingerprint density at radius 3 is 1.90 bits per heavy atom. The molecule has 1 saturated heterocycles. The number of likely N-dealkylation sites (N-methyl/N-ethyl adjacent to an activating group) is 1. The summed E-state index contributed by atoms with van der Waals surface area (Å²) in [5.41, 5.74) is 2.76. The van der Waals surface area contributed by atoms with Crippen molar-refractivity contribution >= 4 is 17.5 Å². The molecule has 2 aromatic carbocycles. The van der Waals surface area contributed by atoms with E-state index in [9.17, 15) is 9.59 Å². The average molecular weight is 409 g/mol. The van der Waals surface area contributed by atoms with E-state index in [1.807, 2.05) is 32.9 Å². The normalized spacial score (nSPS) is 15.6. The SMILES string of the molecule is CN1CCN(Cc2ccc(NC(=O)c3ccc(C(=O)NC(C)(C)C)cc3)cc2)CC1. The monoisotopic (exact) mass is 408 g/mol. The first kappa shape index (κ1) is 22.0. The highest BCUT2D eigenvalue weighted by Crippen LogP contribution is 2.15. The van der Waals surface area contributed by atoms with E-state index in [2.05, 4.69) is 39.6 Å². The quantitative estimate of drug-likeness (QED) is 0.797. The van der Waals surface area contributed by atoms with Crippen LogP contribution in [0.2, 0.25) is 0 Å². The highest BCUT2D eigenvalue weighted by atomic mass is 16.2. The summed E-state index contributed by atoms with van der Waals surface area (Å²) in [6.07, 6.45) is 0. The van der Waals surface area contributed by atoms with E-state index in [1.54, 1.807) is 24.3 Å². The number of amides is 2. The molecule has 1 fully saturated rings. The van der Waals surface area contributed by atoms with Gasteiger partial charge in [-0.25, -0.2) is 0 Å². The van der Waals surface area contributed by atoms with Gasteiger partial charge in [-0.05, 0) is 69.8 Å². The summed E-state index contributed by atoms with van der Waals surface area (Å²) in [4.78, 5) is 29.5. The number of anilines is 1.